The van der Waals surface area contributed by atoms with Crippen LogP contribution in [0.4, 0.5) is 5.69 Å². The minimum absolute atomic E-state index is 0.110. The van der Waals surface area contributed by atoms with Gasteiger partial charge in [-0.3, -0.25) is 10.1 Å². The molecule has 1 aliphatic rings. The number of carbonyl (C=O) groups is 2. The van der Waals surface area contributed by atoms with Gasteiger partial charge in [-0.1, -0.05) is 19.8 Å². The Morgan fingerprint density at radius 3 is 2.43 bits per heavy atom. The number of non-ortho nitro benzene ring substituents is 1. The molecule has 124 valence electrons. The van der Waals surface area contributed by atoms with E-state index in [1.54, 1.807) is 0 Å². The van der Waals surface area contributed by atoms with Gasteiger partial charge in [-0.25, -0.2) is 9.59 Å². The summed E-state index contributed by atoms with van der Waals surface area (Å²) >= 11 is 0. The van der Waals surface area contributed by atoms with E-state index in [0.717, 1.165) is 19.3 Å². The van der Waals surface area contributed by atoms with Gasteiger partial charge in [0.05, 0.1) is 11.5 Å². The Bertz CT molecular complexity index is 584. The van der Waals surface area contributed by atoms with E-state index in [0.29, 0.717) is 6.61 Å². The van der Waals surface area contributed by atoms with Crippen LogP contribution in [0.3, 0.4) is 0 Å². The van der Waals surface area contributed by atoms with Gasteiger partial charge in [-0.05, 0) is 18.6 Å². The van der Waals surface area contributed by atoms with Gasteiger partial charge in [0.1, 0.15) is 5.75 Å². The highest BCUT2D eigenvalue weighted by molar-refractivity contribution is 5.90. The maximum absolute atomic E-state index is 11.8. The largest absolute Gasteiger partial charge is 0.464 e. The number of epoxide rings is 1. The predicted molar refractivity (Wildman–Crippen MR) is 77.9 cm³/mol. The molecule has 8 nitrogen and oxygen atoms in total. The van der Waals surface area contributed by atoms with Crippen molar-refractivity contribution in [2.45, 2.75) is 38.4 Å². The lowest BCUT2D eigenvalue weighted by Gasteiger charge is -2.02. The summed E-state index contributed by atoms with van der Waals surface area (Å²) in [4.78, 5) is 33.4. The lowest BCUT2D eigenvalue weighted by atomic mass is 10.2. The second kappa shape index (κ2) is 7.68. The Morgan fingerprint density at radius 2 is 1.83 bits per heavy atom. The van der Waals surface area contributed by atoms with Gasteiger partial charge in [0.25, 0.3) is 5.69 Å². The van der Waals surface area contributed by atoms with Crippen molar-refractivity contribution in [2.75, 3.05) is 6.61 Å². The lowest BCUT2D eigenvalue weighted by Crippen LogP contribution is -2.22. The molecule has 23 heavy (non-hydrogen) atoms. The van der Waals surface area contributed by atoms with Crippen molar-refractivity contribution in [3.8, 4) is 5.75 Å². The fraction of sp³-hybridized carbons (Fsp3) is 0.467. The van der Waals surface area contributed by atoms with E-state index in [2.05, 4.69) is 0 Å². The van der Waals surface area contributed by atoms with Crippen LogP contribution in [0.15, 0.2) is 24.3 Å². The molecule has 1 aromatic rings. The van der Waals surface area contributed by atoms with Gasteiger partial charge in [0, 0.05) is 12.1 Å². The minimum atomic E-state index is -0.983. The molecule has 0 amide bonds. The topological polar surface area (TPSA) is 108 Å². The lowest BCUT2D eigenvalue weighted by molar-refractivity contribution is -0.384. The first-order chi connectivity index (χ1) is 11.0. The maximum Gasteiger partial charge on any atom is 0.344 e. The summed E-state index contributed by atoms with van der Waals surface area (Å²) in [5.74, 6) is -1.16. The van der Waals surface area contributed by atoms with E-state index in [4.69, 9.17) is 14.2 Å². The molecule has 1 fully saturated rings. The Morgan fingerprint density at radius 1 is 1.17 bits per heavy atom. The predicted octanol–water partition coefficient (Wildman–Crippen LogP) is 2.00. The molecule has 2 unspecified atom stereocenters. The van der Waals surface area contributed by atoms with Crippen molar-refractivity contribution < 1.29 is 28.7 Å². The van der Waals surface area contributed by atoms with Crippen LogP contribution in [-0.4, -0.2) is 35.7 Å². The third-order valence-electron chi connectivity index (χ3n) is 3.21. The fourth-order valence-corrected chi connectivity index (χ4v) is 1.89. The molecule has 1 aliphatic heterocycles. The minimum Gasteiger partial charge on any atom is -0.464 e. The average Bonchev–Trinajstić information content (AvgIpc) is 3.32. The Labute approximate surface area is 132 Å². The SMILES string of the molecule is CCCCCOC(=O)C1OC1C(=O)Oc1ccc([N+](=O)[O-])cc1. The number of hydrogen-bond donors (Lipinski definition) is 0. The van der Waals surface area contributed by atoms with Crippen molar-refractivity contribution in [1.29, 1.82) is 0 Å². The molecule has 0 N–H and O–H groups in total. The zero-order valence-electron chi connectivity index (χ0n) is 12.6. The zero-order valence-corrected chi connectivity index (χ0v) is 12.6. The van der Waals surface area contributed by atoms with Crippen LogP contribution in [0.1, 0.15) is 26.2 Å². The molecule has 0 radical (unpaired) electrons. The van der Waals surface area contributed by atoms with Crippen molar-refractivity contribution in [1.82, 2.24) is 0 Å². The molecule has 0 bridgehead atoms. The average molecular weight is 323 g/mol. The molecule has 1 saturated heterocycles. The van der Waals surface area contributed by atoms with Crippen LogP contribution in [-0.2, 0) is 19.1 Å². The van der Waals surface area contributed by atoms with Crippen LogP contribution in [0, 0.1) is 10.1 Å². The van der Waals surface area contributed by atoms with E-state index in [1.807, 2.05) is 6.92 Å². The highest BCUT2D eigenvalue weighted by Crippen LogP contribution is 2.26. The molecular weight excluding hydrogens is 306 g/mol. The maximum atomic E-state index is 11.8. The molecule has 2 atom stereocenters. The highest BCUT2D eigenvalue weighted by atomic mass is 16.7. The summed E-state index contributed by atoms with van der Waals surface area (Å²) in [5.41, 5.74) is -0.110. The zero-order chi connectivity index (χ0) is 16.8. The highest BCUT2D eigenvalue weighted by Gasteiger charge is 2.53. The number of nitro groups is 1. The first-order valence-electron chi connectivity index (χ1n) is 7.31. The summed E-state index contributed by atoms with van der Waals surface area (Å²) in [6.45, 7) is 2.34. The van der Waals surface area contributed by atoms with E-state index in [-0.39, 0.29) is 11.4 Å². The normalized spacial score (nSPS) is 19.0. The number of carbonyl (C=O) groups excluding carboxylic acids is 2. The fourth-order valence-electron chi connectivity index (χ4n) is 1.89. The summed E-state index contributed by atoms with van der Waals surface area (Å²) in [6, 6.07) is 5.04. The quantitative estimate of drug-likeness (QED) is 0.180. The second-order valence-electron chi connectivity index (χ2n) is 5.02. The molecule has 0 saturated carbocycles. The van der Waals surface area contributed by atoms with Gasteiger partial charge >= 0.3 is 11.9 Å². The number of hydrogen-bond acceptors (Lipinski definition) is 7. The molecule has 8 heteroatoms. The monoisotopic (exact) mass is 323 g/mol. The van der Waals surface area contributed by atoms with Gasteiger partial charge in [0.15, 0.2) is 12.2 Å². The van der Waals surface area contributed by atoms with Gasteiger partial charge in [-0.2, -0.15) is 0 Å². The molecule has 0 spiro atoms. The number of unbranched alkanes of at least 4 members (excludes halogenated alkanes) is 2. The second-order valence-corrected chi connectivity index (χ2v) is 5.02. The number of ether oxygens (including phenoxy) is 3. The number of benzene rings is 1. The summed E-state index contributed by atoms with van der Waals surface area (Å²) < 4.78 is 15.0. The Balaban J connectivity index is 1.77. The van der Waals surface area contributed by atoms with Crippen LogP contribution >= 0.6 is 0 Å². The van der Waals surface area contributed by atoms with Crippen LogP contribution in [0.25, 0.3) is 0 Å². The van der Waals surface area contributed by atoms with Crippen molar-refractivity contribution in [3.05, 3.63) is 34.4 Å². The Hall–Kier alpha value is -2.48. The molecular formula is C15H17NO7. The first-order valence-corrected chi connectivity index (χ1v) is 7.31. The van der Waals surface area contributed by atoms with Crippen molar-refractivity contribution >= 4 is 17.6 Å². The van der Waals surface area contributed by atoms with Crippen LogP contribution < -0.4 is 4.74 Å². The Kier molecular flexibility index (Phi) is 5.64. The van der Waals surface area contributed by atoms with Crippen LogP contribution in [0.2, 0.25) is 0 Å². The van der Waals surface area contributed by atoms with Gasteiger partial charge in [0.2, 0.25) is 0 Å². The molecule has 1 aromatic carbocycles. The van der Waals surface area contributed by atoms with E-state index in [9.17, 15) is 19.7 Å². The molecule has 0 aliphatic carbocycles. The molecule has 0 aromatic heterocycles. The number of nitro benzene ring substituents is 1. The van der Waals surface area contributed by atoms with E-state index < -0.39 is 29.1 Å². The number of esters is 2. The summed E-state index contributed by atoms with van der Waals surface area (Å²) in [5, 5.41) is 10.5. The number of rotatable bonds is 8. The van der Waals surface area contributed by atoms with E-state index in [1.165, 1.54) is 24.3 Å². The smallest absolute Gasteiger partial charge is 0.344 e. The van der Waals surface area contributed by atoms with Gasteiger partial charge in [-0.15, -0.1) is 0 Å². The number of nitrogens with zero attached hydrogens (tertiary/aromatic N) is 1. The third-order valence-corrected chi connectivity index (χ3v) is 3.21. The molecule has 2 rings (SSSR count). The summed E-state index contributed by atoms with van der Waals surface area (Å²) in [6.07, 6.45) is 0.838. The summed E-state index contributed by atoms with van der Waals surface area (Å²) in [7, 11) is 0. The third kappa shape index (κ3) is 4.75. The molecule has 1 heterocycles. The van der Waals surface area contributed by atoms with Crippen molar-refractivity contribution in [3.63, 3.8) is 0 Å². The van der Waals surface area contributed by atoms with Crippen LogP contribution in [0.5, 0.6) is 5.75 Å². The standard InChI is InChI=1S/C15H17NO7/c1-2-3-4-9-21-14(17)12-13(23-12)15(18)22-11-7-5-10(6-8-11)16(19)20/h5-8,12-13H,2-4,9H2,1H3. The van der Waals surface area contributed by atoms with Gasteiger partial charge < -0.3 is 14.2 Å². The van der Waals surface area contributed by atoms with E-state index >= 15 is 0 Å². The first kappa shape index (κ1) is 16.9. The van der Waals surface area contributed by atoms with Crippen molar-refractivity contribution in [2.24, 2.45) is 0 Å².